The second-order valence-corrected chi connectivity index (χ2v) is 6.76. The van der Waals surface area contributed by atoms with Crippen molar-refractivity contribution in [1.82, 2.24) is 14.8 Å². The summed E-state index contributed by atoms with van der Waals surface area (Å²) in [7, 11) is 4.42. The molecule has 118 valence electrons. The fourth-order valence-corrected chi connectivity index (χ4v) is 3.57. The summed E-state index contributed by atoms with van der Waals surface area (Å²) >= 11 is 0. The zero-order chi connectivity index (χ0) is 15.5. The maximum absolute atomic E-state index is 4.50. The van der Waals surface area contributed by atoms with Crippen molar-refractivity contribution >= 4 is 10.9 Å². The van der Waals surface area contributed by atoms with Crippen LogP contribution in [0.25, 0.3) is 10.9 Å². The van der Waals surface area contributed by atoms with Crippen LogP contribution in [0, 0.1) is 6.92 Å². The van der Waals surface area contributed by atoms with Gasteiger partial charge in [-0.3, -0.25) is 9.88 Å². The van der Waals surface area contributed by atoms with Crippen molar-refractivity contribution < 1.29 is 0 Å². The largest absolute Gasteiger partial charge is 0.306 e. The van der Waals surface area contributed by atoms with E-state index >= 15 is 0 Å². The zero-order valence-corrected chi connectivity index (χ0v) is 14.0. The van der Waals surface area contributed by atoms with Crippen molar-refractivity contribution in [1.29, 1.82) is 0 Å². The average molecular weight is 297 g/mol. The molecule has 3 nitrogen and oxygen atoms in total. The summed E-state index contributed by atoms with van der Waals surface area (Å²) in [6.45, 7) is 5.68. The predicted octanol–water partition coefficient (Wildman–Crippen LogP) is 3.46. The molecular formula is C19H27N3. The van der Waals surface area contributed by atoms with E-state index in [-0.39, 0.29) is 0 Å². The molecule has 0 aliphatic carbocycles. The molecular weight excluding hydrogens is 270 g/mol. The van der Waals surface area contributed by atoms with E-state index in [1.807, 2.05) is 6.20 Å². The monoisotopic (exact) mass is 297 g/mol. The molecule has 3 rings (SSSR count). The lowest BCUT2D eigenvalue weighted by molar-refractivity contribution is 0.245. The van der Waals surface area contributed by atoms with E-state index in [1.165, 1.54) is 48.9 Å². The van der Waals surface area contributed by atoms with E-state index in [2.05, 4.69) is 60.1 Å². The van der Waals surface area contributed by atoms with Gasteiger partial charge in [0.1, 0.15) is 0 Å². The van der Waals surface area contributed by atoms with Crippen molar-refractivity contribution in [2.24, 2.45) is 0 Å². The van der Waals surface area contributed by atoms with Crippen LogP contribution in [0.2, 0.25) is 0 Å². The average Bonchev–Trinajstić information content (AvgIpc) is 2.76. The maximum Gasteiger partial charge on any atom is 0.0705 e. The van der Waals surface area contributed by atoms with Gasteiger partial charge in [-0.2, -0.15) is 0 Å². The van der Waals surface area contributed by atoms with Gasteiger partial charge in [-0.25, -0.2) is 0 Å². The third kappa shape index (κ3) is 3.31. The number of fused-ring (bicyclic) bond motifs is 1. The number of benzene rings is 1. The lowest BCUT2D eigenvalue weighted by atomic mass is 10.0. The van der Waals surface area contributed by atoms with E-state index in [4.69, 9.17) is 0 Å². The lowest BCUT2D eigenvalue weighted by Crippen LogP contribution is -2.30. The number of aryl methyl sites for hydroxylation is 1. The number of hydrogen-bond donors (Lipinski definition) is 0. The third-order valence-corrected chi connectivity index (χ3v) is 5.03. The predicted molar refractivity (Wildman–Crippen MR) is 93.1 cm³/mol. The van der Waals surface area contributed by atoms with Crippen LogP contribution in [0.3, 0.4) is 0 Å². The molecule has 1 aliphatic rings. The van der Waals surface area contributed by atoms with Crippen LogP contribution in [0.1, 0.15) is 30.4 Å². The van der Waals surface area contributed by atoms with Gasteiger partial charge in [-0.1, -0.05) is 12.1 Å². The van der Waals surface area contributed by atoms with Gasteiger partial charge >= 0.3 is 0 Å². The van der Waals surface area contributed by atoms with Crippen LogP contribution in [-0.2, 0) is 6.54 Å². The first-order chi connectivity index (χ1) is 10.6. The highest BCUT2D eigenvalue weighted by atomic mass is 15.2. The van der Waals surface area contributed by atoms with E-state index in [9.17, 15) is 0 Å². The maximum atomic E-state index is 4.50. The van der Waals surface area contributed by atoms with E-state index < -0.39 is 0 Å². The molecule has 1 aliphatic heterocycles. The second-order valence-electron chi connectivity index (χ2n) is 6.76. The van der Waals surface area contributed by atoms with Gasteiger partial charge in [0.05, 0.1) is 5.52 Å². The van der Waals surface area contributed by atoms with Crippen LogP contribution >= 0.6 is 0 Å². The van der Waals surface area contributed by atoms with Crippen LogP contribution in [-0.4, -0.2) is 48.0 Å². The minimum Gasteiger partial charge on any atom is -0.306 e. The molecule has 0 unspecified atom stereocenters. The quantitative estimate of drug-likeness (QED) is 0.865. The van der Waals surface area contributed by atoms with Gasteiger partial charge in [0.15, 0.2) is 0 Å². The van der Waals surface area contributed by atoms with E-state index in [1.54, 1.807) is 0 Å². The van der Waals surface area contributed by atoms with Gasteiger partial charge in [0.2, 0.25) is 0 Å². The first-order valence-electron chi connectivity index (χ1n) is 8.37. The number of likely N-dealkylation sites (tertiary alicyclic amines) is 1. The highest BCUT2D eigenvalue weighted by Crippen LogP contribution is 2.24. The minimum absolute atomic E-state index is 0.736. The summed E-state index contributed by atoms with van der Waals surface area (Å²) in [5, 5.41) is 1.32. The summed E-state index contributed by atoms with van der Waals surface area (Å²) in [5.74, 6) is 0. The summed E-state index contributed by atoms with van der Waals surface area (Å²) < 4.78 is 0. The Morgan fingerprint density at radius 3 is 2.86 bits per heavy atom. The van der Waals surface area contributed by atoms with Crippen LogP contribution in [0.5, 0.6) is 0 Å². The van der Waals surface area contributed by atoms with Crippen molar-refractivity contribution in [3.8, 4) is 0 Å². The zero-order valence-electron chi connectivity index (χ0n) is 14.0. The van der Waals surface area contributed by atoms with Gasteiger partial charge in [-0.15, -0.1) is 0 Å². The van der Waals surface area contributed by atoms with E-state index in [0.717, 1.165) is 18.1 Å². The van der Waals surface area contributed by atoms with Gasteiger partial charge < -0.3 is 4.90 Å². The molecule has 0 radical (unpaired) electrons. The number of rotatable bonds is 3. The highest BCUT2D eigenvalue weighted by molar-refractivity contribution is 5.83. The van der Waals surface area contributed by atoms with E-state index in [0.29, 0.717) is 0 Å². The molecule has 1 aromatic heterocycles. The Labute approximate surface area is 133 Å². The molecule has 0 spiro atoms. The molecule has 1 aromatic carbocycles. The minimum atomic E-state index is 0.736. The van der Waals surface area contributed by atoms with Gasteiger partial charge in [0.25, 0.3) is 0 Å². The Bertz CT molecular complexity index is 636. The Morgan fingerprint density at radius 1 is 1.18 bits per heavy atom. The fraction of sp³-hybridized carbons (Fsp3) is 0.526. The van der Waals surface area contributed by atoms with Gasteiger partial charge in [-0.05, 0) is 76.6 Å². The molecule has 0 saturated carbocycles. The first-order valence-corrected chi connectivity index (χ1v) is 8.37. The van der Waals surface area contributed by atoms with Crippen molar-refractivity contribution in [2.75, 3.05) is 27.2 Å². The number of hydrogen-bond acceptors (Lipinski definition) is 3. The second kappa shape index (κ2) is 6.76. The normalized spacial score (nSPS) is 20.5. The SMILES string of the molecule is Cc1ccc2ncccc2c1CN1CCC[C@@H](N(C)C)CC1. The van der Waals surface area contributed by atoms with Crippen molar-refractivity contribution in [3.05, 3.63) is 41.6 Å². The molecule has 1 saturated heterocycles. The summed E-state index contributed by atoms with van der Waals surface area (Å²) in [6.07, 6.45) is 5.77. The Hall–Kier alpha value is -1.45. The molecule has 2 heterocycles. The molecule has 0 N–H and O–H groups in total. The molecule has 22 heavy (non-hydrogen) atoms. The lowest BCUT2D eigenvalue weighted by Gasteiger charge is -2.24. The highest BCUT2D eigenvalue weighted by Gasteiger charge is 2.19. The molecule has 1 fully saturated rings. The summed E-state index contributed by atoms with van der Waals surface area (Å²) in [4.78, 5) is 9.51. The van der Waals surface area contributed by atoms with Crippen LogP contribution < -0.4 is 0 Å². The Kier molecular flexibility index (Phi) is 4.74. The fourth-order valence-electron chi connectivity index (χ4n) is 3.57. The van der Waals surface area contributed by atoms with Crippen molar-refractivity contribution in [2.45, 2.75) is 38.8 Å². The van der Waals surface area contributed by atoms with Crippen molar-refractivity contribution in [3.63, 3.8) is 0 Å². The number of aromatic nitrogens is 1. The Balaban J connectivity index is 1.80. The van der Waals surface area contributed by atoms with Gasteiger partial charge in [0, 0.05) is 24.2 Å². The molecule has 3 heteroatoms. The molecule has 1 atom stereocenters. The molecule has 2 aromatic rings. The topological polar surface area (TPSA) is 19.4 Å². The standard InChI is InChI=1S/C19H27N3/c1-15-8-9-19-17(7-4-11-20-19)18(15)14-22-12-5-6-16(10-13-22)21(2)3/h4,7-9,11,16H,5-6,10,12-14H2,1-3H3/t16-/m1/s1. The summed E-state index contributed by atoms with van der Waals surface area (Å²) in [5.41, 5.74) is 3.95. The smallest absolute Gasteiger partial charge is 0.0705 e. The molecule has 0 bridgehead atoms. The van der Waals surface area contributed by atoms with Crippen LogP contribution in [0.15, 0.2) is 30.5 Å². The Morgan fingerprint density at radius 2 is 2.05 bits per heavy atom. The molecule has 0 amide bonds. The number of pyridine rings is 1. The third-order valence-electron chi connectivity index (χ3n) is 5.03. The first kappa shape index (κ1) is 15.4. The summed E-state index contributed by atoms with van der Waals surface area (Å²) in [6, 6.07) is 9.35. The van der Waals surface area contributed by atoms with Crippen LogP contribution in [0.4, 0.5) is 0 Å². The number of nitrogens with zero attached hydrogens (tertiary/aromatic N) is 3.